The van der Waals surface area contributed by atoms with Crippen LogP contribution in [-0.2, 0) is 16.7 Å². The quantitative estimate of drug-likeness (QED) is 0.870. The Kier molecular flexibility index (Phi) is 3.06. The summed E-state index contributed by atoms with van der Waals surface area (Å²) in [6, 6.07) is 3.97. The Morgan fingerprint density at radius 3 is 3.29 bits per heavy atom. The Labute approximate surface area is 133 Å². The van der Waals surface area contributed by atoms with E-state index in [2.05, 4.69) is 10.5 Å². The predicted molar refractivity (Wildman–Crippen MR) is 81.9 cm³/mol. The van der Waals surface area contributed by atoms with Crippen molar-refractivity contribution in [3.05, 3.63) is 38.4 Å². The van der Waals surface area contributed by atoms with Crippen LogP contribution in [0.1, 0.15) is 42.1 Å². The van der Waals surface area contributed by atoms with E-state index in [-0.39, 0.29) is 18.0 Å². The summed E-state index contributed by atoms with van der Waals surface area (Å²) in [4.78, 5) is 1.12. The lowest BCUT2D eigenvalue weighted by molar-refractivity contribution is -0.0886. The molecule has 1 N–H and O–H groups in total. The summed E-state index contributed by atoms with van der Waals surface area (Å²) in [7, 11) is 0. The molecule has 21 heavy (non-hydrogen) atoms. The normalized spacial score (nSPS) is 33.0. The topological polar surface area (TPSA) is 47.3 Å². The number of hydrogen-bond donors (Lipinski definition) is 1. The number of nitrogens with zero attached hydrogens (tertiary/aromatic N) is 1. The summed E-state index contributed by atoms with van der Waals surface area (Å²) in [6.45, 7) is 3.18. The molecule has 112 valence electrons. The van der Waals surface area contributed by atoms with Gasteiger partial charge in [-0.15, -0.1) is 11.3 Å². The molecule has 0 amide bonds. The molecular weight excluding hydrogens is 308 g/mol. The number of hydrogen-bond acceptors (Lipinski definition) is 5. The number of piperidine rings is 1. The van der Waals surface area contributed by atoms with Gasteiger partial charge in [0.2, 0.25) is 0 Å². The zero-order valence-corrected chi connectivity index (χ0v) is 13.3. The van der Waals surface area contributed by atoms with Crippen LogP contribution in [0.3, 0.4) is 0 Å². The van der Waals surface area contributed by atoms with Gasteiger partial charge in [-0.05, 0) is 37.9 Å². The molecule has 4 heterocycles. The van der Waals surface area contributed by atoms with Gasteiger partial charge in [0.05, 0.1) is 22.7 Å². The maximum atomic E-state index is 8.17. The maximum absolute atomic E-state index is 8.17. The number of ether oxygens (including phenoxy) is 1. The lowest BCUT2D eigenvalue weighted by Crippen LogP contribution is -2.45. The fraction of sp³-hybridized carbons (Fsp3) is 0.533. The van der Waals surface area contributed by atoms with Gasteiger partial charge in [-0.2, -0.15) is 0 Å². The van der Waals surface area contributed by atoms with Gasteiger partial charge in [0.1, 0.15) is 5.60 Å². The highest BCUT2D eigenvalue weighted by Crippen LogP contribution is 2.48. The molecule has 1 unspecified atom stereocenters. The summed E-state index contributed by atoms with van der Waals surface area (Å²) < 4.78 is 20.5. The van der Waals surface area contributed by atoms with Gasteiger partial charge in [0.15, 0.2) is 5.76 Å². The first-order chi connectivity index (χ1) is 10.6. The third-order valence-electron chi connectivity index (χ3n) is 4.25. The van der Waals surface area contributed by atoms with Crippen molar-refractivity contribution in [2.75, 3.05) is 13.2 Å². The Morgan fingerprint density at radius 1 is 1.57 bits per heavy atom. The van der Waals surface area contributed by atoms with Crippen molar-refractivity contribution in [1.29, 1.82) is 0 Å². The molecule has 1 spiro atoms. The first-order valence-electron chi connectivity index (χ1n) is 7.68. The molecule has 4 nitrogen and oxygen atoms in total. The lowest BCUT2D eigenvalue weighted by atomic mass is 9.82. The predicted octanol–water partition coefficient (Wildman–Crippen LogP) is 3.59. The standard InChI is InChI=1S/C15H17ClN2O2S/c1-9-6-12(20-18-9)11-8-15(3-4-17-11)14-10(2-5-19-15)7-13(16)21-14/h6-7,11,17H,2-5,8H2,1H3/t11-,15-/m0/s1/i2D/t2?,11-,15-. The van der Waals surface area contributed by atoms with E-state index in [1.54, 1.807) is 11.3 Å². The van der Waals surface area contributed by atoms with Crippen LogP contribution in [0.2, 0.25) is 4.34 Å². The van der Waals surface area contributed by atoms with Crippen LogP contribution in [-0.4, -0.2) is 18.3 Å². The van der Waals surface area contributed by atoms with E-state index in [0.29, 0.717) is 6.61 Å². The second kappa shape index (κ2) is 5.09. The molecule has 1 fully saturated rings. The van der Waals surface area contributed by atoms with Crippen LogP contribution in [0.25, 0.3) is 0 Å². The molecule has 2 aliphatic rings. The van der Waals surface area contributed by atoms with Gasteiger partial charge < -0.3 is 14.6 Å². The fourth-order valence-electron chi connectivity index (χ4n) is 3.28. The average Bonchev–Trinajstić information content (AvgIpc) is 3.11. The van der Waals surface area contributed by atoms with Crippen LogP contribution in [0, 0.1) is 6.92 Å². The summed E-state index contributed by atoms with van der Waals surface area (Å²) in [5, 5.41) is 7.46. The van der Waals surface area contributed by atoms with Crippen molar-refractivity contribution in [1.82, 2.24) is 10.5 Å². The highest BCUT2D eigenvalue weighted by Gasteiger charge is 2.44. The molecule has 0 aliphatic carbocycles. The number of aromatic nitrogens is 1. The number of rotatable bonds is 1. The molecule has 0 radical (unpaired) electrons. The molecule has 0 saturated carbocycles. The van der Waals surface area contributed by atoms with Crippen molar-refractivity contribution in [3.8, 4) is 0 Å². The molecule has 3 atom stereocenters. The second-order valence-corrected chi connectivity index (χ2v) is 7.36. The number of halogens is 1. The van der Waals surface area contributed by atoms with Gasteiger partial charge in [0, 0.05) is 18.7 Å². The smallest absolute Gasteiger partial charge is 0.153 e. The van der Waals surface area contributed by atoms with Crippen molar-refractivity contribution in [3.63, 3.8) is 0 Å². The Morgan fingerprint density at radius 2 is 2.48 bits per heavy atom. The second-order valence-electron chi connectivity index (χ2n) is 5.68. The van der Waals surface area contributed by atoms with E-state index in [1.807, 2.05) is 19.1 Å². The summed E-state index contributed by atoms with van der Waals surface area (Å²) in [5.74, 6) is 0.845. The first-order valence-corrected chi connectivity index (χ1v) is 8.29. The van der Waals surface area contributed by atoms with Crippen LogP contribution < -0.4 is 5.32 Å². The Bertz CT molecular complexity index is 704. The highest BCUT2D eigenvalue weighted by atomic mass is 35.5. The van der Waals surface area contributed by atoms with E-state index in [0.717, 1.165) is 45.6 Å². The van der Waals surface area contributed by atoms with Gasteiger partial charge in [-0.1, -0.05) is 16.8 Å². The average molecular weight is 326 g/mol. The Balaban J connectivity index is 1.70. The molecular formula is C15H17ClN2O2S. The van der Waals surface area contributed by atoms with E-state index >= 15 is 0 Å². The van der Waals surface area contributed by atoms with Crippen molar-refractivity contribution >= 4 is 22.9 Å². The first kappa shape index (κ1) is 12.6. The lowest BCUT2D eigenvalue weighted by Gasteiger charge is -2.43. The number of nitrogens with one attached hydrogen (secondary N) is 1. The SMILES string of the molecule is [2H]C1CO[C@]2(CCN[C@H](c3cc(C)no3)C2)c2sc(Cl)cc21. The van der Waals surface area contributed by atoms with Crippen LogP contribution in [0.5, 0.6) is 0 Å². The van der Waals surface area contributed by atoms with Crippen molar-refractivity contribution < 1.29 is 10.6 Å². The maximum Gasteiger partial charge on any atom is 0.153 e. The van der Waals surface area contributed by atoms with E-state index in [1.165, 1.54) is 0 Å². The number of thiophene rings is 1. The minimum atomic E-state index is -0.360. The summed E-state index contributed by atoms with van der Waals surface area (Å²) in [6.07, 6.45) is 1.32. The monoisotopic (exact) mass is 325 g/mol. The minimum Gasteiger partial charge on any atom is -0.369 e. The highest BCUT2D eigenvalue weighted by molar-refractivity contribution is 7.16. The van der Waals surface area contributed by atoms with Gasteiger partial charge in [-0.25, -0.2) is 0 Å². The molecule has 0 bridgehead atoms. The zero-order valence-electron chi connectivity index (χ0n) is 12.7. The van der Waals surface area contributed by atoms with Crippen LogP contribution in [0.15, 0.2) is 16.7 Å². The third-order valence-corrected chi connectivity index (χ3v) is 5.72. The molecule has 6 heteroatoms. The molecule has 4 rings (SSSR count). The molecule has 2 aliphatic heterocycles. The van der Waals surface area contributed by atoms with Crippen molar-refractivity contribution in [2.24, 2.45) is 0 Å². The summed E-state index contributed by atoms with van der Waals surface area (Å²) >= 11 is 7.76. The number of fused-ring (bicyclic) bond motifs is 2. The Hall–Kier alpha value is -0.880. The van der Waals surface area contributed by atoms with Gasteiger partial charge in [-0.3, -0.25) is 0 Å². The van der Waals surface area contributed by atoms with Gasteiger partial charge >= 0.3 is 0 Å². The fourth-order valence-corrected chi connectivity index (χ4v) is 4.70. The van der Waals surface area contributed by atoms with Crippen LogP contribution >= 0.6 is 22.9 Å². The third kappa shape index (κ3) is 2.32. The largest absolute Gasteiger partial charge is 0.369 e. The van der Waals surface area contributed by atoms with Crippen LogP contribution in [0.4, 0.5) is 0 Å². The molecule has 2 aromatic rings. The molecule has 1 saturated heterocycles. The molecule has 0 aromatic carbocycles. The minimum absolute atomic E-state index is 0.0750. The summed E-state index contributed by atoms with van der Waals surface area (Å²) in [5.41, 5.74) is 1.55. The van der Waals surface area contributed by atoms with Crippen molar-refractivity contribution in [2.45, 2.75) is 37.8 Å². The molecule has 2 aromatic heterocycles. The zero-order chi connectivity index (χ0) is 15.3. The number of aryl methyl sites for hydroxylation is 1. The van der Waals surface area contributed by atoms with E-state index in [9.17, 15) is 0 Å². The van der Waals surface area contributed by atoms with E-state index in [4.69, 9.17) is 22.2 Å². The van der Waals surface area contributed by atoms with E-state index < -0.39 is 0 Å². The van der Waals surface area contributed by atoms with Gasteiger partial charge in [0.25, 0.3) is 0 Å².